The molecule has 0 saturated carbocycles. The number of hydrogen-bond donors (Lipinski definition) is 1. The molecular formula is C20H24F3N3O3. The first-order valence-electron chi connectivity index (χ1n) is 9.40. The van der Waals surface area contributed by atoms with Crippen molar-refractivity contribution in [1.29, 1.82) is 0 Å². The summed E-state index contributed by atoms with van der Waals surface area (Å²) in [7, 11) is 1.61. The fraction of sp³-hybridized carbons (Fsp3) is 0.500. The number of amides is 1. The Hall–Kier alpha value is -2.39. The van der Waals surface area contributed by atoms with Crippen LogP contribution in [0.5, 0.6) is 0 Å². The molecule has 6 nitrogen and oxygen atoms in total. The Bertz CT molecular complexity index is 820. The molecule has 1 aliphatic rings. The van der Waals surface area contributed by atoms with E-state index in [1.165, 1.54) is 12.1 Å². The van der Waals surface area contributed by atoms with Gasteiger partial charge < -0.3 is 14.8 Å². The number of aromatic nitrogens is 2. The predicted molar refractivity (Wildman–Crippen MR) is 98.9 cm³/mol. The van der Waals surface area contributed by atoms with E-state index in [1.807, 2.05) is 6.20 Å². The first-order valence-corrected chi connectivity index (χ1v) is 9.40. The first kappa shape index (κ1) is 21.3. The number of benzene rings is 1. The van der Waals surface area contributed by atoms with Crippen LogP contribution < -0.4 is 5.32 Å². The minimum Gasteiger partial charge on any atom is -0.383 e. The molecule has 0 unspecified atom stereocenters. The van der Waals surface area contributed by atoms with Gasteiger partial charge in [-0.1, -0.05) is 12.1 Å². The summed E-state index contributed by atoms with van der Waals surface area (Å²) < 4.78 is 50.7. The second-order valence-electron chi connectivity index (χ2n) is 7.07. The van der Waals surface area contributed by atoms with Crippen LogP contribution in [0, 0.1) is 5.92 Å². The van der Waals surface area contributed by atoms with Crippen LogP contribution in [0.4, 0.5) is 13.2 Å². The Labute approximate surface area is 167 Å². The van der Waals surface area contributed by atoms with Crippen molar-refractivity contribution in [3.63, 3.8) is 0 Å². The number of alkyl halides is 3. The molecule has 0 aliphatic carbocycles. The molecule has 0 bridgehead atoms. The van der Waals surface area contributed by atoms with Crippen LogP contribution in [0.15, 0.2) is 36.7 Å². The van der Waals surface area contributed by atoms with Crippen molar-refractivity contribution >= 4 is 5.91 Å². The summed E-state index contributed by atoms with van der Waals surface area (Å²) in [6.45, 7) is 3.33. The normalized spacial score (nSPS) is 20.6. The van der Waals surface area contributed by atoms with Crippen molar-refractivity contribution in [1.82, 2.24) is 15.1 Å². The summed E-state index contributed by atoms with van der Waals surface area (Å²) in [5, 5.41) is 7.15. The van der Waals surface area contributed by atoms with Crippen LogP contribution in [0.25, 0.3) is 0 Å². The smallest absolute Gasteiger partial charge is 0.383 e. The van der Waals surface area contributed by atoms with Gasteiger partial charge in [-0.15, -0.1) is 0 Å². The fourth-order valence-corrected chi connectivity index (χ4v) is 3.38. The third-order valence-electron chi connectivity index (χ3n) is 5.03. The molecule has 0 radical (unpaired) electrons. The van der Waals surface area contributed by atoms with Gasteiger partial charge in [0.1, 0.15) is 0 Å². The summed E-state index contributed by atoms with van der Waals surface area (Å²) in [6, 6.07) is 4.39. The number of halogens is 3. The number of nitrogens with zero attached hydrogens (tertiary/aromatic N) is 2. The molecule has 1 saturated heterocycles. The van der Waals surface area contributed by atoms with Gasteiger partial charge in [-0.3, -0.25) is 9.48 Å². The maximum absolute atomic E-state index is 12.8. The molecule has 29 heavy (non-hydrogen) atoms. The zero-order chi connectivity index (χ0) is 21.0. The number of methoxy groups -OCH3 is 1. The van der Waals surface area contributed by atoms with Crippen LogP contribution in [0.1, 0.15) is 42.2 Å². The lowest BCUT2D eigenvalue weighted by Crippen LogP contribution is -2.34. The van der Waals surface area contributed by atoms with Crippen LogP contribution in [-0.2, 0) is 27.0 Å². The van der Waals surface area contributed by atoms with Gasteiger partial charge in [0, 0.05) is 25.5 Å². The molecule has 3 rings (SSSR count). The highest BCUT2D eigenvalue weighted by Crippen LogP contribution is 2.35. The van der Waals surface area contributed by atoms with E-state index in [2.05, 4.69) is 10.4 Å². The number of carbonyl (C=O) groups excluding carboxylic acids is 1. The van der Waals surface area contributed by atoms with E-state index in [-0.39, 0.29) is 11.8 Å². The molecule has 2 heterocycles. The van der Waals surface area contributed by atoms with Gasteiger partial charge in [-0.25, -0.2) is 0 Å². The van der Waals surface area contributed by atoms with Gasteiger partial charge in [0.15, 0.2) is 0 Å². The van der Waals surface area contributed by atoms with Crippen molar-refractivity contribution in [2.75, 3.05) is 20.3 Å². The molecule has 0 spiro atoms. The second-order valence-corrected chi connectivity index (χ2v) is 7.07. The largest absolute Gasteiger partial charge is 0.416 e. The maximum Gasteiger partial charge on any atom is 0.416 e. The lowest BCUT2D eigenvalue weighted by atomic mass is 9.95. The van der Waals surface area contributed by atoms with Gasteiger partial charge in [0.25, 0.3) is 0 Å². The third-order valence-corrected chi connectivity index (χ3v) is 5.03. The maximum atomic E-state index is 12.8. The standard InChI is InChI=1S/C20H24F3N3O3/c1-13(14-3-5-16(6-4-14)20(21,22)23)25-19(27)17-7-9-29-18(17)15-11-24-26(12-15)8-10-28-2/h3-6,11-13,17-18H,7-10H2,1-2H3,(H,25,27)/t13-,17+,18-/m1/s1. The monoisotopic (exact) mass is 411 g/mol. The molecule has 1 amide bonds. The third kappa shape index (κ3) is 5.16. The van der Waals surface area contributed by atoms with Crippen molar-refractivity contribution in [2.45, 2.75) is 38.2 Å². The summed E-state index contributed by atoms with van der Waals surface area (Å²) >= 11 is 0. The minimum absolute atomic E-state index is 0.190. The lowest BCUT2D eigenvalue weighted by molar-refractivity contribution is -0.137. The molecule has 1 fully saturated rings. The molecular weight excluding hydrogens is 387 g/mol. The Morgan fingerprint density at radius 3 is 2.76 bits per heavy atom. The second kappa shape index (κ2) is 8.96. The van der Waals surface area contributed by atoms with E-state index in [0.717, 1.165) is 17.7 Å². The van der Waals surface area contributed by atoms with E-state index in [1.54, 1.807) is 24.9 Å². The van der Waals surface area contributed by atoms with Gasteiger partial charge in [0.2, 0.25) is 5.91 Å². The Morgan fingerprint density at radius 1 is 1.38 bits per heavy atom. The van der Waals surface area contributed by atoms with Crippen LogP contribution in [-0.4, -0.2) is 36.0 Å². The van der Waals surface area contributed by atoms with Crippen LogP contribution >= 0.6 is 0 Å². The molecule has 1 aliphatic heterocycles. The summed E-state index contributed by atoms with van der Waals surface area (Å²) in [4.78, 5) is 12.8. The zero-order valence-electron chi connectivity index (χ0n) is 16.3. The van der Waals surface area contributed by atoms with Crippen LogP contribution in [0.3, 0.4) is 0 Å². The van der Waals surface area contributed by atoms with Gasteiger partial charge >= 0.3 is 6.18 Å². The Morgan fingerprint density at radius 2 is 2.10 bits per heavy atom. The fourth-order valence-electron chi connectivity index (χ4n) is 3.38. The number of nitrogens with one attached hydrogen (secondary N) is 1. The number of carbonyl (C=O) groups is 1. The highest BCUT2D eigenvalue weighted by atomic mass is 19.4. The zero-order valence-corrected chi connectivity index (χ0v) is 16.3. The molecule has 2 aromatic rings. The van der Waals surface area contributed by atoms with E-state index in [4.69, 9.17) is 9.47 Å². The van der Waals surface area contributed by atoms with Gasteiger partial charge in [-0.05, 0) is 31.0 Å². The van der Waals surface area contributed by atoms with E-state index in [9.17, 15) is 18.0 Å². The molecule has 1 N–H and O–H groups in total. The quantitative estimate of drug-likeness (QED) is 0.757. The minimum atomic E-state index is -4.38. The van der Waals surface area contributed by atoms with Gasteiger partial charge in [-0.2, -0.15) is 18.3 Å². The van der Waals surface area contributed by atoms with Crippen molar-refractivity contribution in [3.8, 4) is 0 Å². The number of ether oxygens (including phenoxy) is 2. The summed E-state index contributed by atoms with van der Waals surface area (Å²) in [5.74, 6) is -0.573. The van der Waals surface area contributed by atoms with Crippen LogP contribution in [0.2, 0.25) is 0 Å². The lowest BCUT2D eigenvalue weighted by Gasteiger charge is -2.21. The van der Waals surface area contributed by atoms with E-state index in [0.29, 0.717) is 31.7 Å². The van der Waals surface area contributed by atoms with Gasteiger partial charge in [0.05, 0.1) is 43.0 Å². The Balaban J connectivity index is 1.63. The molecule has 1 aromatic heterocycles. The van der Waals surface area contributed by atoms with Crippen molar-refractivity contribution in [2.24, 2.45) is 5.92 Å². The Kier molecular flexibility index (Phi) is 6.59. The van der Waals surface area contributed by atoms with E-state index < -0.39 is 23.9 Å². The average Bonchev–Trinajstić information content (AvgIpc) is 3.34. The van der Waals surface area contributed by atoms with Crippen molar-refractivity contribution < 1.29 is 27.4 Å². The predicted octanol–water partition coefficient (Wildman–Crippen LogP) is 3.50. The van der Waals surface area contributed by atoms with E-state index >= 15 is 0 Å². The highest BCUT2D eigenvalue weighted by molar-refractivity contribution is 5.80. The van der Waals surface area contributed by atoms with Crippen molar-refractivity contribution in [3.05, 3.63) is 53.3 Å². The molecule has 158 valence electrons. The number of hydrogen-bond acceptors (Lipinski definition) is 4. The number of rotatable bonds is 7. The SMILES string of the molecule is COCCn1cc([C@H]2OCC[C@@H]2C(=O)N[C@H](C)c2ccc(C(F)(F)F)cc2)cn1. The summed E-state index contributed by atoms with van der Waals surface area (Å²) in [5.41, 5.74) is 0.713. The highest BCUT2D eigenvalue weighted by Gasteiger charge is 2.36. The first-order chi connectivity index (χ1) is 13.8. The summed E-state index contributed by atoms with van der Waals surface area (Å²) in [6.07, 6.45) is -0.682. The average molecular weight is 411 g/mol. The topological polar surface area (TPSA) is 65.4 Å². The molecule has 3 atom stereocenters. The molecule has 9 heteroatoms. The molecule has 1 aromatic carbocycles.